The Morgan fingerprint density at radius 1 is 1.57 bits per heavy atom. The first-order valence-corrected chi connectivity index (χ1v) is 8.27. The molecule has 2 N–H and O–H groups in total. The molecule has 0 saturated heterocycles. The third-order valence-electron chi connectivity index (χ3n) is 3.98. The van der Waals surface area contributed by atoms with E-state index < -0.39 is 0 Å². The molecule has 1 amide bonds. The van der Waals surface area contributed by atoms with E-state index in [1.165, 1.54) is 0 Å². The van der Waals surface area contributed by atoms with Crippen molar-refractivity contribution in [3.8, 4) is 0 Å². The number of fused-ring (bicyclic) bond motifs is 1. The van der Waals surface area contributed by atoms with E-state index in [0.29, 0.717) is 25.4 Å². The maximum absolute atomic E-state index is 11.7. The average molecular weight is 343 g/mol. The summed E-state index contributed by atoms with van der Waals surface area (Å²) in [6.45, 7) is 4.10. The summed E-state index contributed by atoms with van der Waals surface area (Å²) >= 11 is 1.11. The molecule has 0 saturated carbocycles. The van der Waals surface area contributed by atoms with E-state index in [9.17, 15) is 4.79 Å². The number of carbonyl (C=O) groups excluding carboxylic acids is 1. The SMILES string of the molecule is CC1CN=C(C2=C(N)CCN([C](=O)[Ga])C2)c2nocc2C1. The molecule has 21 heavy (non-hydrogen) atoms. The van der Waals surface area contributed by atoms with Crippen LogP contribution in [-0.4, -0.2) is 58.5 Å². The number of rotatable bonds is 1. The maximum atomic E-state index is 11.7. The number of aliphatic imine (C=N–C) groups is 1. The molecule has 108 valence electrons. The molecule has 1 aromatic rings. The van der Waals surface area contributed by atoms with Crippen LogP contribution in [0.15, 0.2) is 27.0 Å². The number of carbonyl (C=O) groups is 1. The van der Waals surface area contributed by atoms with Crippen LogP contribution in [0.5, 0.6) is 0 Å². The van der Waals surface area contributed by atoms with Crippen molar-refractivity contribution in [2.24, 2.45) is 16.6 Å². The Hall–Kier alpha value is -1.47. The van der Waals surface area contributed by atoms with E-state index in [-0.39, 0.29) is 4.46 Å². The van der Waals surface area contributed by atoms with Crippen LogP contribution in [0.2, 0.25) is 0 Å². The van der Waals surface area contributed by atoms with Crippen LogP contribution >= 0.6 is 0 Å². The fourth-order valence-corrected chi connectivity index (χ4v) is 3.25. The minimum absolute atomic E-state index is 0.121. The summed E-state index contributed by atoms with van der Waals surface area (Å²) in [6, 6.07) is 0. The molecule has 3 heterocycles. The van der Waals surface area contributed by atoms with Crippen LogP contribution in [0, 0.1) is 5.92 Å². The third-order valence-corrected chi connectivity index (χ3v) is 4.75. The molecular weight excluding hydrogens is 326 g/mol. The zero-order chi connectivity index (χ0) is 15.0. The summed E-state index contributed by atoms with van der Waals surface area (Å²) in [6.07, 6.45) is 3.28. The monoisotopic (exact) mass is 342 g/mol. The summed E-state index contributed by atoms with van der Waals surface area (Å²) in [4.78, 5) is 18.2. The Bertz CT molecular complexity index is 635. The average Bonchev–Trinajstić information content (AvgIpc) is 2.82. The number of hydrogen-bond acceptors (Lipinski definition) is 5. The molecule has 0 spiro atoms. The van der Waals surface area contributed by atoms with E-state index in [1.54, 1.807) is 6.26 Å². The number of nitrogens with two attached hydrogens (primary N) is 1. The summed E-state index contributed by atoms with van der Waals surface area (Å²) < 4.78 is 5.25. The van der Waals surface area contributed by atoms with Gasteiger partial charge in [0.2, 0.25) is 0 Å². The second-order valence-electron chi connectivity index (χ2n) is 5.70. The van der Waals surface area contributed by atoms with Crippen molar-refractivity contribution in [1.29, 1.82) is 0 Å². The van der Waals surface area contributed by atoms with Gasteiger partial charge in [0.15, 0.2) is 0 Å². The molecule has 0 aliphatic carbocycles. The fourth-order valence-electron chi connectivity index (χ4n) is 2.79. The molecule has 0 aromatic carbocycles. The van der Waals surface area contributed by atoms with Crippen LogP contribution in [0.25, 0.3) is 0 Å². The Morgan fingerprint density at radius 2 is 2.38 bits per heavy atom. The van der Waals surface area contributed by atoms with Gasteiger partial charge in [-0.2, -0.15) is 0 Å². The van der Waals surface area contributed by atoms with Gasteiger partial charge in [-0.05, 0) is 0 Å². The topological polar surface area (TPSA) is 84.7 Å². The number of hydrogen-bond donors (Lipinski definition) is 1. The van der Waals surface area contributed by atoms with Gasteiger partial charge in [-0.15, -0.1) is 0 Å². The van der Waals surface area contributed by atoms with E-state index in [4.69, 9.17) is 15.2 Å². The predicted molar refractivity (Wildman–Crippen MR) is 79.3 cm³/mol. The molecule has 1 aromatic heterocycles. The molecular formula is C14H17GaN4O2. The van der Waals surface area contributed by atoms with Crippen LogP contribution in [0.3, 0.4) is 0 Å². The molecule has 1 unspecified atom stereocenters. The van der Waals surface area contributed by atoms with Crippen molar-refractivity contribution >= 4 is 28.8 Å². The van der Waals surface area contributed by atoms with Gasteiger partial charge in [-0.1, -0.05) is 0 Å². The van der Waals surface area contributed by atoms with Gasteiger partial charge >= 0.3 is 133 Å². The van der Waals surface area contributed by atoms with Crippen LogP contribution in [-0.2, 0) is 6.42 Å². The molecule has 0 fully saturated rings. The van der Waals surface area contributed by atoms with Crippen LogP contribution < -0.4 is 5.73 Å². The predicted octanol–water partition coefficient (Wildman–Crippen LogP) is 0.863. The molecule has 6 nitrogen and oxygen atoms in total. The molecule has 3 rings (SSSR count). The molecule has 7 heteroatoms. The Kier molecular flexibility index (Phi) is 3.94. The Labute approximate surface area is 133 Å². The van der Waals surface area contributed by atoms with Crippen molar-refractivity contribution in [1.82, 2.24) is 10.1 Å². The van der Waals surface area contributed by atoms with Crippen LogP contribution in [0.4, 0.5) is 4.79 Å². The first-order valence-electron chi connectivity index (χ1n) is 7.06. The van der Waals surface area contributed by atoms with Gasteiger partial charge in [0.25, 0.3) is 0 Å². The second-order valence-corrected chi connectivity index (χ2v) is 6.74. The summed E-state index contributed by atoms with van der Waals surface area (Å²) in [5.74, 6) is 0.443. The van der Waals surface area contributed by atoms with Gasteiger partial charge in [0, 0.05) is 0 Å². The first-order chi connectivity index (χ1) is 10.1. The molecule has 0 bridgehead atoms. The van der Waals surface area contributed by atoms with E-state index in [0.717, 1.165) is 59.8 Å². The normalized spacial score (nSPS) is 22.6. The van der Waals surface area contributed by atoms with E-state index >= 15 is 0 Å². The van der Waals surface area contributed by atoms with Crippen LogP contribution in [0.1, 0.15) is 24.6 Å². The van der Waals surface area contributed by atoms with Gasteiger partial charge in [-0.3, -0.25) is 0 Å². The number of aromatic nitrogens is 1. The standard InChI is InChI=1S/C14H17N4O2.Ga/c1-9-4-10-7-20-17-13(10)14(16-5-9)11-6-18(8-19)3-2-12(11)15;/h7,9H,2-6,15H2,1H3;. The molecule has 2 aliphatic heterocycles. The summed E-state index contributed by atoms with van der Waals surface area (Å²) in [5, 5.41) is 4.12. The van der Waals surface area contributed by atoms with Gasteiger partial charge in [-0.25, -0.2) is 0 Å². The number of nitrogens with zero attached hydrogens (tertiary/aromatic N) is 3. The second kappa shape index (κ2) is 5.73. The molecule has 2 aliphatic rings. The fraction of sp³-hybridized carbons (Fsp3) is 0.500. The van der Waals surface area contributed by atoms with Crippen molar-refractivity contribution in [3.63, 3.8) is 0 Å². The summed E-state index contributed by atoms with van der Waals surface area (Å²) in [5.41, 5.74) is 10.6. The van der Waals surface area contributed by atoms with Gasteiger partial charge < -0.3 is 0 Å². The van der Waals surface area contributed by atoms with Crippen molar-refractivity contribution in [2.75, 3.05) is 19.6 Å². The minimum atomic E-state index is 0.121. The summed E-state index contributed by atoms with van der Waals surface area (Å²) in [7, 11) is 0. The van der Waals surface area contributed by atoms with E-state index in [2.05, 4.69) is 12.1 Å². The van der Waals surface area contributed by atoms with Crippen molar-refractivity contribution in [2.45, 2.75) is 19.8 Å². The van der Waals surface area contributed by atoms with Gasteiger partial charge in [0.05, 0.1) is 0 Å². The first kappa shape index (κ1) is 14.5. The Morgan fingerprint density at radius 3 is 3.14 bits per heavy atom. The zero-order valence-corrected chi connectivity index (χ0v) is 14.4. The molecule has 2 radical (unpaired) electrons. The zero-order valence-electron chi connectivity index (χ0n) is 12.0. The van der Waals surface area contributed by atoms with Crippen molar-refractivity contribution in [3.05, 3.63) is 28.8 Å². The van der Waals surface area contributed by atoms with Crippen molar-refractivity contribution < 1.29 is 9.32 Å². The number of amides is 1. The van der Waals surface area contributed by atoms with Gasteiger partial charge in [0.1, 0.15) is 0 Å². The third kappa shape index (κ3) is 2.80. The van der Waals surface area contributed by atoms with E-state index in [1.807, 2.05) is 4.90 Å². The molecule has 1 atom stereocenters. The Balaban J connectivity index is 2.01. The quantitative estimate of drug-likeness (QED) is 0.767.